The summed E-state index contributed by atoms with van der Waals surface area (Å²) < 4.78 is 12.7. The maximum absolute atomic E-state index is 12.7. The van der Waals surface area contributed by atoms with Crippen molar-refractivity contribution >= 4 is 35.0 Å². The molecule has 0 aromatic heterocycles. The number of hydrogen-bond donors (Lipinski definition) is 1. The SMILES string of the molecule is N/C(=N\OC(=O)c1ccc(F)cc1)c1ccc(Cl)cc1Cl. The van der Waals surface area contributed by atoms with Crippen molar-refractivity contribution in [2.45, 2.75) is 0 Å². The largest absolute Gasteiger partial charge is 0.380 e. The quantitative estimate of drug-likeness (QED) is 0.405. The van der Waals surface area contributed by atoms with Gasteiger partial charge in [0.05, 0.1) is 10.6 Å². The Morgan fingerprint density at radius 1 is 1.14 bits per heavy atom. The number of nitrogens with two attached hydrogens (primary N) is 1. The monoisotopic (exact) mass is 326 g/mol. The van der Waals surface area contributed by atoms with Crippen molar-refractivity contribution in [1.82, 2.24) is 0 Å². The molecule has 4 nitrogen and oxygen atoms in total. The fourth-order valence-electron chi connectivity index (χ4n) is 1.48. The molecular formula is C14H9Cl2FN2O2. The van der Waals surface area contributed by atoms with E-state index in [4.69, 9.17) is 28.9 Å². The van der Waals surface area contributed by atoms with E-state index in [0.717, 1.165) is 12.1 Å². The molecule has 0 saturated carbocycles. The summed E-state index contributed by atoms with van der Waals surface area (Å²) >= 11 is 11.7. The highest BCUT2D eigenvalue weighted by Crippen LogP contribution is 2.20. The average molecular weight is 327 g/mol. The highest BCUT2D eigenvalue weighted by Gasteiger charge is 2.10. The lowest BCUT2D eigenvalue weighted by atomic mass is 10.2. The van der Waals surface area contributed by atoms with Gasteiger partial charge < -0.3 is 10.6 Å². The van der Waals surface area contributed by atoms with Crippen LogP contribution >= 0.6 is 23.2 Å². The zero-order valence-corrected chi connectivity index (χ0v) is 12.0. The van der Waals surface area contributed by atoms with E-state index in [1.165, 1.54) is 18.2 Å². The number of benzene rings is 2. The van der Waals surface area contributed by atoms with Gasteiger partial charge in [-0.05, 0) is 42.5 Å². The topological polar surface area (TPSA) is 64.7 Å². The van der Waals surface area contributed by atoms with E-state index in [1.807, 2.05) is 0 Å². The molecule has 2 aromatic carbocycles. The van der Waals surface area contributed by atoms with Crippen LogP contribution in [-0.2, 0) is 4.84 Å². The molecule has 108 valence electrons. The number of carbonyl (C=O) groups excluding carboxylic acids is 1. The van der Waals surface area contributed by atoms with Crippen LogP contribution in [0.5, 0.6) is 0 Å². The minimum absolute atomic E-state index is 0.0767. The van der Waals surface area contributed by atoms with Gasteiger partial charge >= 0.3 is 5.97 Å². The Labute approximate surface area is 129 Å². The van der Waals surface area contributed by atoms with Crippen molar-refractivity contribution in [3.05, 3.63) is 69.5 Å². The molecule has 0 unspecified atom stereocenters. The zero-order valence-electron chi connectivity index (χ0n) is 10.5. The highest BCUT2D eigenvalue weighted by atomic mass is 35.5. The van der Waals surface area contributed by atoms with Crippen molar-refractivity contribution in [3.8, 4) is 0 Å². The first kappa shape index (κ1) is 15.3. The molecule has 0 atom stereocenters. The van der Waals surface area contributed by atoms with Gasteiger partial charge in [0.2, 0.25) is 0 Å². The Morgan fingerprint density at radius 2 is 1.81 bits per heavy atom. The molecule has 21 heavy (non-hydrogen) atoms. The maximum atomic E-state index is 12.7. The summed E-state index contributed by atoms with van der Waals surface area (Å²) in [6, 6.07) is 9.45. The van der Waals surface area contributed by atoms with Crippen LogP contribution in [0.15, 0.2) is 47.6 Å². The van der Waals surface area contributed by atoms with Gasteiger partial charge in [0.25, 0.3) is 0 Å². The molecule has 0 aliphatic heterocycles. The summed E-state index contributed by atoms with van der Waals surface area (Å²) in [5.41, 5.74) is 6.21. The molecule has 2 aromatic rings. The van der Waals surface area contributed by atoms with Crippen LogP contribution in [0.1, 0.15) is 15.9 Å². The normalized spacial score (nSPS) is 11.3. The van der Waals surface area contributed by atoms with Gasteiger partial charge in [-0.25, -0.2) is 9.18 Å². The van der Waals surface area contributed by atoms with E-state index in [9.17, 15) is 9.18 Å². The second kappa shape index (κ2) is 6.56. The first-order valence-corrected chi connectivity index (χ1v) is 6.49. The summed E-state index contributed by atoms with van der Waals surface area (Å²) in [6.45, 7) is 0. The van der Waals surface area contributed by atoms with E-state index in [2.05, 4.69) is 9.99 Å². The van der Waals surface area contributed by atoms with Crippen LogP contribution in [0, 0.1) is 5.82 Å². The summed E-state index contributed by atoms with van der Waals surface area (Å²) in [6.07, 6.45) is 0. The molecular weight excluding hydrogens is 318 g/mol. The number of oxime groups is 1. The minimum atomic E-state index is -0.761. The molecule has 0 spiro atoms. The van der Waals surface area contributed by atoms with Crippen molar-refractivity contribution < 1.29 is 14.0 Å². The van der Waals surface area contributed by atoms with Crippen LogP contribution in [0.3, 0.4) is 0 Å². The van der Waals surface area contributed by atoms with Crippen LogP contribution in [-0.4, -0.2) is 11.8 Å². The van der Waals surface area contributed by atoms with Gasteiger partial charge in [-0.2, -0.15) is 0 Å². The molecule has 7 heteroatoms. The van der Waals surface area contributed by atoms with Crippen LogP contribution < -0.4 is 5.73 Å². The van der Waals surface area contributed by atoms with E-state index in [0.29, 0.717) is 10.6 Å². The van der Waals surface area contributed by atoms with Crippen LogP contribution in [0.25, 0.3) is 0 Å². The minimum Gasteiger partial charge on any atom is -0.380 e. The second-order valence-corrected chi connectivity index (χ2v) is 4.83. The van der Waals surface area contributed by atoms with E-state index < -0.39 is 11.8 Å². The van der Waals surface area contributed by atoms with Crippen LogP contribution in [0.4, 0.5) is 4.39 Å². The third-order valence-corrected chi connectivity index (χ3v) is 3.06. The van der Waals surface area contributed by atoms with Gasteiger partial charge in [-0.1, -0.05) is 28.4 Å². The number of rotatable bonds is 3. The summed E-state index contributed by atoms with van der Waals surface area (Å²) in [4.78, 5) is 16.3. The predicted molar refractivity (Wildman–Crippen MR) is 79.0 cm³/mol. The van der Waals surface area contributed by atoms with Crippen LogP contribution in [0.2, 0.25) is 10.0 Å². The number of amidine groups is 1. The third kappa shape index (κ3) is 3.93. The fraction of sp³-hybridized carbons (Fsp3) is 0. The standard InChI is InChI=1S/C14H9Cl2FN2O2/c15-9-3-6-11(12(16)7-9)13(18)19-21-14(20)8-1-4-10(17)5-2-8/h1-7H,(H2,18,19). The molecule has 0 bridgehead atoms. The van der Waals surface area contributed by atoms with Gasteiger partial charge in [0.15, 0.2) is 5.84 Å². The lowest BCUT2D eigenvalue weighted by Crippen LogP contribution is -2.15. The van der Waals surface area contributed by atoms with E-state index in [-0.39, 0.29) is 16.4 Å². The Morgan fingerprint density at radius 3 is 2.43 bits per heavy atom. The number of carbonyl (C=O) groups is 1. The first-order chi connectivity index (χ1) is 9.97. The van der Waals surface area contributed by atoms with Gasteiger partial charge in [0.1, 0.15) is 5.82 Å². The second-order valence-electron chi connectivity index (χ2n) is 3.99. The van der Waals surface area contributed by atoms with Crippen molar-refractivity contribution in [2.75, 3.05) is 0 Å². The number of halogens is 3. The summed E-state index contributed by atoms with van der Waals surface area (Å²) in [5.74, 6) is -1.29. The molecule has 2 N–H and O–H groups in total. The molecule has 0 aliphatic rings. The smallest absolute Gasteiger partial charge is 0.365 e. The third-order valence-electron chi connectivity index (χ3n) is 2.51. The lowest BCUT2D eigenvalue weighted by Gasteiger charge is -2.04. The highest BCUT2D eigenvalue weighted by molar-refractivity contribution is 6.36. The van der Waals surface area contributed by atoms with Crippen molar-refractivity contribution in [3.63, 3.8) is 0 Å². The lowest BCUT2D eigenvalue weighted by molar-refractivity contribution is 0.0516. The molecule has 2 rings (SSSR count). The van der Waals surface area contributed by atoms with Gasteiger partial charge in [-0.15, -0.1) is 0 Å². The maximum Gasteiger partial charge on any atom is 0.365 e. The number of hydrogen-bond acceptors (Lipinski definition) is 3. The molecule has 0 heterocycles. The van der Waals surface area contributed by atoms with E-state index >= 15 is 0 Å². The zero-order chi connectivity index (χ0) is 15.4. The Kier molecular flexibility index (Phi) is 4.77. The Hall–Kier alpha value is -2.11. The number of nitrogens with zero attached hydrogens (tertiary/aromatic N) is 1. The Balaban J connectivity index is 2.12. The van der Waals surface area contributed by atoms with Gasteiger partial charge in [0, 0.05) is 10.6 Å². The van der Waals surface area contributed by atoms with Gasteiger partial charge in [-0.3, -0.25) is 0 Å². The van der Waals surface area contributed by atoms with Crippen molar-refractivity contribution in [1.29, 1.82) is 0 Å². The first-order valence-electron chi connectivity index (χ1n) is 5.73. The molecule has 0 aliphatic carbocycles. The molecule has 0 fully saturated rings. The molecule has 0 amide bonds. The Bertz CT molecular complexity index is 703. The average Bonchev–Trinajstić information content (AvgIpc) is 2.45. The summed E-state index contributed by atoms with van der Waals surface area (Å²) in [7, 11) is 0. The van der Waals surface area contributed by atoms with Crippen molar-refractivity contribution in [2.24, 2.45) is 10.9 Å². The van der Waals surface area contributed by atoms with E-state index in [1.54, 1.807) is 12.1 Å². The molecule has 0 radical (unpaired) electrons. The fourth-order valence-corrected chi connectivity index (χ4v) is 1.98. The predicted octanol–water partition coefficient (Wildman–Crippen LogP) is 3.61. The molecule has 0 saturated heterocycles. The summed E-state index contributed by atoms with van der Waals surface area (Å²) in [5, 5.41) is 4.23.